The summed E-state index contributed by atoms with van der Waals surface area (Å²) < 4.78 is 27.0. The van der Waals surface area contributed by atoms with Crippen LogP contribution >= 0.6 is 11.6 Å². The van der Waals surface area contributed by atoms with E-state index in [9.17, 15) is 8.42 Å². The minimum Gasteiger partial charge on any atom is -0.392 e. The second kappa shape index (κ2) is 6.65. The lowest BCUT2D eigenvalue weighted by atomic mass is 9.86. The second-order valence-corrected chi connectivity index (χ2v) is 8.17. The van der Waals surface area contributed by atoms with Crippen molar-refractivity contribution in [3.8, 4) is 0 Å². The molecule has 1 aliphatic carbocycles. The Hall–Kier alpha value is -0.620. The molecule has 1 N–H and O–H groups in total. The summed E-state index contributed by atoms with van der Waals surface area (Å²) in [4.78, 5) is 0.185. The third-order valence-corrected chi connectivity index (χ3v) is 6.64. The highest BCUT2D eigenvalue weighted by Crippen LogP contribution is 2.31. The highest BCUT2D eigenvalue weighted by molar-refractivity contribution is 7.89. The molecule has 2 unspecified atom stereocenters. The van der Waals surface area contributed by atoms with E-state index in [1.165, 1.54) is 22.9 Å². The Labute approximate surface area is 131 Å². The molecule has 0 radical (unpaired) electrons. The Morgan fingerprint density at radius 3 is 2.57 bits per heavy atom. The fourth-order valence-electron chi connectivity index (χ4n) is 3.00. The number of benzene rings is 1. The van der Waals surface area contributed by atoms with Crippen LogP contribution in [0, 0.1) is 5.92 Å². The number of aliphatic hydroxyl groups excluding tert-OH is 1. The molecule has 118 valence electrons. The van der Waals surface area contributed by atoms with Crippen molar-refractivity contribution in [2.75, 3.05) is 7.05 Å². The van der Waals surface area contributed by atoms with E-state index in [0.29, 0.717) is 11.5 Å². The van der Waals surface area contributed by atoms with Crippen LogP contribution in [-0.2, 0) is 16.6 Å². The maximum absolute atomic E-state index is 12.7. The standard InChI is InChI=1S/C15H22ClNO3S/c1-11-5-3-4-6-15(11)17(2)21(19,20)13-8-7-12(10-18)14(16)9-13/h7-9,11,15,18H,3-6,10H2,1-2H3. The van der Waals surface area contributed by atoms with Crippen LogP contribution in [0.3, 0.4) is 0 Å². The lowest BCUT2D eigenvalue weighted by molar-refractivity contribution is 0.213. The average Bonchev–Trinajstić information content (AvgIpc) is 2.47. The third kappa shape index (κ3) is 3.42. The Balaban J connectivity index is 2.30. The molecule has 2 atom stereocenters. The Bertz CT molecular complexity index is 603. The van der Waals surface area contributed by atoms with Gasteiger partial charge in [0.25, 0.3) is 0 Å². The van der Waals surface area contributed by atoms with Gasteiger partial charge in [0.1, 0.15) is 0 Å². The van der Waals surface area contributed by atoms with Gasteiger partial charge in [-0.1, -0.05) is 37.4 Å². The maximum Gasteiger partial charge on any atom is 0.243 e. The van der Waals surface area contributed by atoms with Crippen molar-refractivity contribution in [2.24, 2.45) is 5.92 Å². The molecular formula is C15H22ClNO3S. The summed E-state index contributed by atoms with van der Waals surface area (Å²) in [5.41, 5.74) is 0.532. The van der Waals surface area contributed by atoms with Gasteiger partial charge >= 0.3 is 0 Å². The summed E-state index contributed by atoms with van der Waals surface area (Å²) in [6, 6.07) is 4.54. The van der Waals surface area contributed by atoms with Gasteiger partial charge in [-0.3, -0.25) is 0 Å². The number of halogens is 1. The summed E-state index contributed by atoms with van der Waals surface area (Å²) >= 11 is 6.01. The molecule has 2 rings (SSSR count). The van der Waals surface area contributed by atoms with Gasteiger partial charge < -0.3 is 5.11 Å². The summed E-state index contributed by atoms with van der Waals surface area (Å²) in [6.07, 6.45) is 4.20. The molecule has 1 aromatic carbocycles. The van der Waals surface area contributed by atoms with Crippen LogP contribution in [0.4, 0.5) is 0 Å². The second-order valence-electron chi connectivity index (χ2n) is 5.76. The van der Waals surface area contributed by atoms with Crippen molar-refractivity contribution in [3.63, 3.8) is 0 Å². The highest BCUT2D eigenvalue weighted by Gasteiger charge is 2.33. The molecule has 6 heteroatoms. The first-order valence-corrected chi connectivity index (χ1v) is 9.07. The number of rotatable bonds is 4. The van der Waals surface area contributed by atoms with Gasteiger partial charge in [-0.25, -0.2) is 8.42 Å². The van der Waals surface area contributed by atoms with Gasteiger partial charge in [0.2, 0.25) is 10.0 Å². The SMILES string of the molecule is CC1CCCCC1N(C)S(=O)(=O)c1ccc(CO)c(Cl)c1. The summed E-state index contributed by atoms with van der Waals surface area (Å²) in [7, 11) is -1.90. The molecule has 4 nitrogen and oxygen atoms in total. The quantitative estimate of drug-likeness (QED) is 0.922. The third-order valence-electron chi connectivity index (χ3n) is 4.41. The topological polar surface area (TPSA) is 57.6 Å². The monoisotopic (exact) mass is 331 g/mol. The van der Waals surface area contributed by atoms with E-state index in [0.717, 1.165) is 19.3 Å². The van der Waals surface area contributed by atoms with Gasteiger partial charge in [-0.15, -0.1) is 0 Å². The minimum absolute atomic E-state index is 0.0417. The van der Waals surface area contributed by atoms with Crippen LogP contribution in [0.25, 0.3) is 0 Å². The van der Waals surface area contributed by atoms with Crippen LogP contribution < -0.4 is 0 Å². The fraction of sp³-hybridized carbons (Fsp3) is 0.600. The maximum atomic E-state index is 12.7. The number of nitrogens with zero attached hydrogens (tertiary/aromatic N) is 1. The molecule has 0 bridgehead atoms. The lowest BCUT2D eigenvalue weighted by Crippen LogP contribution is -2.42. The lowest BCUT2D eigenvalue weighted by Gasteiger charge is -2.35. The predicted octanol–water partition coefficient (Wildman–Crippen LogP) is 3.03. The van der Waals surface area contributed by atoms with Crippen molar-refractivity contribution in [2.45, 2.75) is 50.2 Å². The first-order valence-electron chi connectivity index (χ1n) is 7.25. The Kier molecular flexibility index (Phi) is 5.30. The molecule has 0 amide bonds. The van der Waals surface area contributed by atoms with E-state index >= 15 is 0 Å². The Morgan fingerprint density at radius 2 is 2.00 bits per heavy atom. The smallest absolute Gasteiger partial charge is 0.243 e. The molecule has 0 heterocycles. The van der Waals surface area contributed by atoms with Crippen molar-refractivity contribution in [3.05, 3.63) is 28.8 Å². The highest BCUT2D eigenvalue weighted by atomic mass is 35.5. The van der Waals surface area contributed by atoms with Gasteiger partial charge in [-0.05, 0) is 36.5 Å². The molecule has 1 saturated carbocycles. The molecule has 0 saturated heterocycles. The molecule has 1 fully saturated rings. The van der Waals surface area contributed by atoms with E-state index < -0.39 is 10.0 Å². The number of sulfonamides is 1. The first kappa shape index (κ1) is 16.7. The number of hydrogen-bond acceptors (Lipinski definition) is 3. The molecule has 0 aliphatic heterocycles. The molecular weight excluding hydrogens is 310 g/mol. The predicted molar refractivity (Wildman–Crippen MR) is 83.7 cm³/mol. The zero-order valence-corrected chi connectivity index (χ0v) is 14.0. The summed E-state index contributed by atoms with van der Waals surface area (Å²) in [5, 5.41) is 9.40. The van der Waals surface area contributed by atoms with Crippen LogP contribution in [0.15, 0.2) is 23.1 Å². The van der Waals surface area contributed by atoms with Gasteiger partial charge in [0, 0.05) is 18.1 Å². The summed E-state index contributed by atoms with van der Waals surface area (Å²) in [6.45, 7) is 1.91. The summed E-state index contributed by atoms with van der Waals surface area (Å²) in [5.74, 6) is 0.366. The Morgan fingerprint density at radius 1 is 1.33 bits per heavy atom. The number of aliphatic hydroxyl groups is 1. The van der Waals surface area contributed by atoms with E-state index in [2.05, 4.69) is 6.92 Å². The average molecular weight is 332 g/mol. The van der Waals surface area contributed by atoms with E-state index in [-0.39, 0.29) is 22.6 Å². The van der Waals surface area contributed by atoms with Crippen LogP contribution in [-0.4, -0.2) is 30.9 Å². The number of hydrogen-bond donors (Lipinski definition) is 1. The molecule has 1 aromatic rings. The van der Waals surface area contributed by atoms with Gasteiger partial charge in [-0.2, -0.15) is 4.31 Å². The van der Waals surface area contributed by atoms with E-state index in [1.54, 1.807) is 13.1 Å². The largest absolute Gasteiger partial charge is 0.392 e. The molecule has 1 aliphatic rings. The zero-order valence-electron chi connectivity index (χ0n) is 12.4. The molecule has 21 heavy (non-hydrogen) atoms. The normalized spacial score (nSPS) is 23.5. The zero-order chi connectivity index (χ0) is 15.6. The minimum atomic E-state index is -3.55. The van der Waals surface area contributed by atoms with Crippen LogP contribution in [0.5, 0.6) is 0 Å². The van der Waals surface area contributed by atoms with Crippen molar-refractivity contribution in [1.82, 2.24) is 4.31 Å². The van der Waals surface area contributed by atoms with E-state index in [4.69, 9.17) is 16.7 Å². The van der Waals surface area contributed by atoms with Gasteiger partial charge in [0.05, 0.1) is 11.5 Å². The van der Waals surface area contributed by atoms with Crippen LogP contribution in [0.2, 0.25) is 5.02 Å². The van der Waals surface area contributed by atoms with Crippen molar-refractivity contribution < 1.29 is 13.5 Å². The van der Waals surface area contributed by atoms with Crippen molar-refractivity contribution >= 4 is 21.6 Å². The van der Waals surface area contributed by atoms with Crippen molar-refractivity contribution in [1.29, 1.82) is 0 Å². The first-order chi connectivity index (χ1) is 9.87. The molecule has 0 spiro atoms. The van der Waals surface area contributed by atoms with E-state index in [1.807, 2.05) is 0 Å². The molecule has 0 aromatic heterocycles. The fourth-order valence-corrected chi connectivity index (χ4v) is 4.81. The van der Waals surface area contributed by atoms with Gasteiger partial charge in [0.15, 0.2) is 0 Å². The van der Waals surface area contributed by atoms with Crippen LogP contribution in [0.1, 0.15) is 38.2 Å².